The second-order valence-corrected chi connectivity index (χ2v) is 11.9. The van der Waals surface area contributed by atoms with Gasteiger partial charge in [0.25, 0.3) is 13.4 Å². The molecule has 0 radical (unpaired) electrons. The number of phosphoric ester groups is 1. The smallest absolute Gasteiger partial charge is 0.330 e. The topological polar surface area (TPSA) is 146 Å². The van der Waals surface area contributed by atoms with Crippen molar-refractivity contribution in [3.8, 4) is 6.07 Å². The molecule has 0 spiro atoms. The zero-order chi connectivity index (χ0) is 29.2. The van der Waals surface area contributed by atoms with Crippen molar-refractivity contribution in [2.24, 2.45) is 0 Å². The summed E-state index contributed by atoms with van der Waals surface area (Å²) in [7, 11) is -4.67. The number of nitrogens with one attached hydrogen (secondary N) is 1. The Hall–Kier alpha value is -2.02. The number of hydrogen-bond acceptors (Lipinski definition) is 8. The van der Waals surface area contributed by atoms with Crippen LogP contribution in [0.25, 0.3) is 0 Å². The summed E-state index contributed by atoms with van der Waals surface area (Å²) in [6.45, 7) is 3.54. The molecule has 226 valence electrons. The van der Waals surface area contributed by atoms with Crippen LogP contribution in [0.5, 0.6) is 0 Å². The molecule has 2 rings (SSSR count). The summed E-state index contributed by atoms with van der Waals surface area (Å²) in [4.78, 5) is 38.6. The SMILES string of the molecule is CCCCCCCCCCCCCCCCC(OP(=O)([O-])OCCC#N)[C@@H]1C=C[C@H](n2cc(C)c(=O)[nH]c2=O)O1. The van der Waals surface area contributed by atoms with Gasteiger partial charge in [-0.3, -0.25) is 18.9 Å². The summed E-state index contributed by atoms with van der Waals surface area (Å²) in [5.41, 5.74) is -0.740. The van der Waals surface area contributed by atoms with Crippen LogP contribution in [0, 0.1) is 18.3 Å². The summed E-state index contributed by atoms with van der Waals surface area (Å²) in [6, 6.07) is 1.83. The number of nitrogens with zero attached hydrogens (tertiary/aromatic N) is 2. The van der Waals surface area contributed by atoms with Crippen LogP contribution in [-0.2, 0) is 18.3 Å². The maximum Gasteiger partial charge on any atom is 0.330 e. The molecule has 0 amide bonds. The molecule has 4 atom stereocenters. The fourth-order valence-electron chi connectivity index (χ4n) is 4.82. The van der Waals surface area contributed by atoms with Crippen molar-refractivity contribution in [1.29, 1.82) is 5.26 Å². The van der Waals surface area contributed by atoms with Crippen molar-refractivity contribution in [3.63, 3.8) is 0 Å². The Morgan fingerprint density at radius 2 is 1.60 bits per heavy atom. The monoisotopic (exact) mass is 580 g/mol. The average Bonchev–Trinajstić information content (AvgIpc) is 3.40. The number of rotatable bonds is 22. The van der Waals surface area contributed by atoms with Crippen LogP contribution in [0.4, 0.5) is 0 Å². The number of aryl methyl sites for hydroxylation is 1. The number of nitriles is 1. The van der Waals surface area contributed by atoms with Crippen molar-refractivity contribution in [3.05, 3.63) is 44.8 Å². The predicted molar refractivity (Wildman–Crippen MR) is 153 cm³/mol. The lowest BCUT2D eigenvalue weighted by atomic mass is 10.0. The molecule has 1 N–H and O–H groups in total. The second-order valence-electron chi connectivity index (χ2n) is 10.6. The number of unbranched alkanes of at least 4 members (excludes halogenated alkanes) is 13. The van der Waals surface area contributed by atoms with E-state index in [9.17, 15) is 19.0 Å². The largest absolute Gasteiger partial charge is 0.756 e. The number of phosphoric acid groups is 1. The molecule has 1 aromatic heterocycles. The van der Waals surface area contributed by atoms with Crippen LogP contribution < -0.4 is 16.1 Å². The van der Waals surface area contributed by atoms with Crippen LogP contribution in [0.1, 0.15) is 121 Å². The van der Waals surface area contributed by atoms with Gasteiger partial charge in [0.1, 0.15) is 6.10 Å². The first-order valence-electron chi connectivity index (χ1n) is 14.9. The lowest BCUT2D eigenvalue weighted by molar-refractivity contribution is -0.233. The molecule has 1 aliphatic rings. The number of hydrogen-bond donors (Lipinski definition) is 1. The minimum absolute atomic E-state index is 0.0738. The van der Waals surface area contributed by atoms with Crippen LogP contribution in [0.3, 0.4) is 0 Å². The molecule has 10 nitrogen and oxygen atoms in total. The van der Waals surface area contributed by atoms with E-state index in [0.29, 0.717) is 12.0 Å². The van der Waals surface area contributed by atoms with Crippen LogP contribution >= 0.6 is 7.82 Å². The fraction of sp³-hybridized carbons (Fsp3) is 0.759. The molecule has 11 heteroatoms. The summed E-state index contributed by atoms with van der Waals surface area (Å²) in [5.74, 6) is 0. The van der Waals surface area contributed by atoms with E-state index in [1.165, 1.54) is 75.0 Å². The molecular formula is C29H47N3O7P-. The maximum atomic E-state index is 12.4. The molecule has 0 fully saturated rings. The third-order valence-corrected chi connectivity index (χ3v) is 8.15. The lowest BCUT2D eigenvalue weighted by Gasteiger charge is -2.31. The quantitative estimate of drug-likeness (QED) is 0.100. The standard InChI is InChI=1S/C29H48N3O7P/c1-3-4-5-6-7-8-9-10-11-12-13-14-15-16-18-26(39-40(35,36)37-22-17-21-30)25-19-20-27(38-25)32-23-24(2)28(33)31-29(32)34/h19-20,23,25-27H,3-18,22H2,1-2H3,(H,35,36)(H,31,33,34)/p-1/t25-,26?,27+/m0/s1. The Morgan fingerprint density at radius 3 is 2.17 bits per heavy atom. The highest BCUT2D eigenvalue weighted by atomic mass is 31.2. The van der Waals surface area contributed by atoms with Gasteiger partial charge in [0, 0.05) is 11.8 Å². The molecule has 2 heterocycles. The van der Waals surface area contributed by atoms with Crippen molar-refractivity contribution in [2.45, 2.75) is 135 Å². The van der Waals surface area contributed by atoms with Crippen LogP contribution in [0.2, 0.25) is 0 Å². The van der Waals surface area contributed by atoms with Gasteiger partial charge < -0.3 is 18.7 Å². The lowest BCUT2D eigenvalue weighted by Crippen LogP contribution is -2.35. The highest BCUT2D eigenvalue weighted by molar-refractivity contribution is 7.45. The third kappa shape index (κ3) is 13.1. The molecule has 1 aliphatic heterocycles. The fourth-order valence-corrected chi connectivity index (χ4v) is 5.75. The Kier molecular flexibility index (Phi) is 16.4. The van der Waals surface area contributed by atoms with Gasteiger partial charge in [0.2, 0.25) is 0 Å². The van der Waals surface area contributed by atoms with E-state index in [-0.39, 0.29) is 13.0 Å². The molecule has 0 saturated carbocycles. The number of aromatic amines is 1. The molecule has 2 unspecified atom stereocenters. The van der Waals surface area contributed by atoms with E-state index < -0.39 is 37.5 Å². The van der Waals surface area contributed by atoms with Crippen LogP contribution in [-0.4, -0.2) is 28.4 Å². The Labute approximate surface area is 238 Å². The van der Waals surface area contributed by atoms with Crippen molar-refractivity contribution < 1.29 is 23.2 Å². The first-order valence-corrected chi connectivity index (χ1v) is 16.4. The second kappa shape index (κ2) is 19.2. The highest BCUT2D eigenvalue weighted by Gasteiger charge is 2.32. The van der Waals surface area contributed by atoms with E-state index in [1.807, 2.05) is 6.07 Å². The molecule has 1 aromatic rings. The zero-order valence-electron chi connectivity index (χ0n) is 24.2. The Bertz CT molecular complexity index is 1090. The van der Waals surface area contributed by atoms with Gasteiger partial charge >= 0.3 is 5.69 Å². The Morgan fingerprint density at radius 1 is 1.02 bits per heavy atom. The van der Waals surface area contributed by atoms with Gasteiger partial charge in [0.15, 0.2) is 6.23 Å². The van der Waals surface area contributed by atoms with E-state index in [0.717, 1.165) is 25.7 Å². The van der Waals surface area contributed by atoms with Crippen LogP contribution in [0.15, 0.2) is 27.9 Å². The summed E-state index contributed by atoms with van der Waals surface area (Å²) >= 11 is 0. The first-order chi connectivity index (χ1) is 19.3. The van der Waals surface area contributed by atoms with Gasteiger partial charge in [0.05, 0.1) is 25.2 Å². The van der Waals surface area contributed by atoms with Gasteiger partial charge in [-0.1, -0.05) is 103 Å². The summed E-state index contributed by atoms with van der Waals surface area (Å²) in [6.07, 6.45) is 19.7. The van der Waals surface area contributed by atoms with E-state index in [2.05, 4.69) is 11.9 Å². The van der Waals surface area contributed by atoms with E-state index in [1.54, 1.807) is 19.1 Å². The number of aromatic nitrogens is 2. The van der Waals surface area contributed by atoms with Gasteiger partial charge in [-0.25, -0.2) is 4.79 Å². The number of H-pyrrole nitrogens is 1. The third-order valence-electron chi connectivity index (χ3n) is 7.12. The van der Waals surface area contributed by atoms with Gasteiger partial charge in [-0.05, 0) is 19.4 Å². The molecule has 0 aromatic carbocycles. The number of ether oxygens (including phenoxy) is 1. The summed E-state index contributed by atoms with van der Waals surface area (Å²) < 4.78 is 29.8. The minimum Gasteiger partial charge on any atom is -0.756 e. The van der Waals surface area contributed by atoms with Crippen molar-refractivity contribution >= 4 is 7.82 Å². The van der Waals surface area contributed by atoms with Crippen molar-refractivity contribution in [1.82, 2.24) is 9.55 Å². The molecule has 0 saturated heterocycles. The van der Waals surface area contributed by atoms with E-state index >= 15 is 0 Å². The van der Waals surface area contributed by atoms with E-state index in [4.69, 9.17) is 19.0 Å². The normalized spacial score (nSPS) is 18.9. The molecule has 0 bridgehead atoms. The van der Waals surface area contributed by atoms with Gasteiger partial charge in [-0.15, -0.1) is 0 Å². The highest BCUT2D eigenvalue weighted by Crippen LogP contribution is 2.43. The molecule has 0 aliphatic carbocycles. The summed E-state index contributed by atoms with van der Waals surface area (Å²) in [5, 5.41) is 8.67. The average molecular weight is 581 g/mol. The maximum absolute atomic E-state index is 12.4. The first kappa shape index (κ1) is 34.2. The molecule has 40 heavy (non-hydrogen) atoms. The van der Waals surface area contributed by atoms with Gasteiger partial charge in [-0.2, -0.15) is 5.26 Å². The molecular weight excluding hydrogens is 533 g/mol. The predicted octanol–water partition coefficient (Wildman–Crippen LogP) is 5.95. The minimum atomic E-state index is -4.67. The zero-order valence-corrected chi connectivity index (χ0v) is 25.1. The Balaban J connectivity index is 1.79. The van der Waals surface area contributed by atoms with Crippen molar-refractivity contribution in [2.75, 3.05) is 6.61 Å².